The predicted molar refractivity (Wildman–Crippen MR) is 120 cm³/mol. The molecule has 2 amide bonds. The molecule has 0 aromatic rings. The Kier molecular flexibility index (Phi) is 8.48. The number of rotatable bonds is 5. The number of carbonyl (C=O) groups is 2. The van der Waals surface area contributed by atoms with Crippen LogP contribution in [-0.2, 0) is 19.6 Å². The number of alkyl halides is 2. The second-order valence-corrected chi connectivity index (χ2v) is 12.1. The molecule has 0 spiro atoms. The molecule has 31 heavy (non-hydrogen) atoms. The summed E-state index contributed by atoms with van der Waals surface area (Å²) in [4.78, 5) is 26.9. The van der Waals surface area contributed by atoms with Gasteiger partial charge in [0, 0.05) is 32.2 Å². The lowest BCUT2D eigenvalue weighted by atomic mass is 9.87. The Hall–Kier alpha value is -0.650. The van der Waals surface area contributed by atoms with E-state index >= 15 is 0 Å². The second-order valence-electron chi connectivity index (χ2n) is 8.90. The van der Waals surface area contributed by atoms with Crippen LogP contribution in [0.25, 0.3) is 0 Å². The molecule has 5 atom stereocenters. The van der Waals surface area contributed by atoms with Crippen LogP contribution in [0.15, 0.2) is 0 Å². The van der Waals surface area contributed by atoms with E-state index in [-0.39, 0.29) is 24.4 Å². The third kappa shape index (κ3) is 6.03. The van der Waals surface area contributed by atoms with E-state index < -0.39 is 31.9 Å². The van der Waals surface area contributed by atoms with Gasteiger partial charge in [0.05, 0.1) is 10.6 Å². The molecule has 0 aromatic heterocycles. The summed E-state index contributed by atoms with van der Waals surface area (Å²) in [7, 11) is -1.45. The Morgan fingerprint density at radius 3 is 2.68 bits per heavy atom. The number of carbonyl (C=O) groups excluding carboxylic acids is 2. The van der Waals surface area contributed by atoms with Gasteiger partial charge in [-0.3, -0.25) is 14.6 Å². The van der Waals surface area contributed by atoms with Crippen LogP contribution in [0.2, 0.25) is 0 Å². The highest BCUT2D eigenvalue weighted by atomic mass is 35.5. The third-order valence-electron chi connectivity index (χ3n) is 6.51. The molecular weight excluding hydrogens is 465 g/mol. The fourth-order valence-corrected chi connectivity index (χ4v) is 7.21. The molecule has 2 aliphatic heterocycles. The van der Waals surface area contributed by atoms with Crippen molar-refractivity contribution in [3.8, 4) is 0 Å². The van der Waals surface area contributed by atoms with Crippen LogP contribution in [0.5, 0.6) is 0 Å². The Bertz CT molecular complexity index is 770. The van der Waals surface area contributed by atoms with Crippen LogP contribution in [0, 0.1) is 5.92 Å². The minimum Gasteiger partial charge on any atom is -0.352 e. The summed E-state index contributed by atoms with van der Waals surface area (Å²) in [6.45, 7) is 4.74. The first-order valence-electron chi connectivity index (χ1n) is 10.9. The summed E-state index contributed by atoms with van der Waals surface area (Å²) >= 11 is 12.0. The molecule has 2 heterocycles. The van der Waals surface area contributed by atoms with Crippen molar-refractivity contribution in [3.63, 3.8) is 0 Å². The molecule has 0 bridgehead atoms. The van der Waals surface area contributed by atoms with Gasteiger partial charge < -0.3 is 10.2 Å². The second kappa shape index (κ2) is 10.5. The van der Waals surface area contributed by atoms with Gasteiger partial charge >= 0.3 is 0 Å². The smallest absolute Gasteiger partial charge is 0.256 e. The van der Waals surface area contributed by atoms with Crippen molar-refractivity contribution in [2.24, 2.45) is 5.92 Å². The number of hydrogen-bond acceptors (Lipinski definition) is 6. The average Bonchev–Trinajstić information content (AvgIpc) is 2.95. The highest BCUT2D eigenvalue weighted by molar-refractivity contribution is 7.89. The topological polar surface area (TPSA) is 102 Å². The van der Waals surface area contributed by atoms with Crippen LogP contribution in [0.3, 0.4) is 0 Å². The van der Waals surface area contributed by atoms with Gasteiger partial charge in [0.2, 0.25) is 15.9 Å². The molecule has 3 rings (SSSR count). The van der Waals surface area contributed by atoms with Gasteiger partial charge in [0.1, 0.15) is 11.9 Å². The van der Waals surface area contributed by atoms with E-state index in [9.17, 15) is 18.0 Å². The SMILES string of the molecule is CC1CCC(NC(=O)CN2NCC(Cl)C(Cl)C2=O)CC1S(=O)(=O)N1CCCN(C)CC1. The number of hydrazine groups is 1. The molecule has 9 nitrogen and oxygen atoms in total. The fraction of sp³-hybridized carbons (Fsp3) is 0.895. The van der Waals surface area contributed by atoms with E-state index in [1.807, 2.05) is 14.0 Å². The highest BCUT2D eigenvalue weighted by Crippen LogP contribution is 2.32. The zero-order valence-corrected chi connectivity index (χ0v) is 20.4. The van der Waals surface area contributed by atoms with Gasteiger partial charge in [-0.1, -0.05) is 6.92 Å². The average molecular weight is 498 g/mol. The molecule has 3 aliphatic rings. The Labute approximate surface area is 194 Å². The Balaban J connectivity index is 1.59. The first-order chi connectivity index (χ1) is 14.6. The van der Waals surface area contributed by atoms with Crippen molar-refractivity contribution >= 4 is 45.0 Å². The van der Waals surface area contributed by atoms with Crippen molar-refractivity contribution in [1.82, 2.24) is 25.0 Å². The lowest BCUT2D eigenvalue weighted by molar-refractivity contribution is -0.141. The normalized spacial score (nSPS) is 34.4. The molecule has 1 aliphatic carbocycles. The van der Waals surface area contributed by atoms with Crippen LogP contribution in [0.4, 0.5) is 0 Å². The number of halogens is 2. The van der Waals surface area contributed by atoms with Gasteiger partial charge in [-0.25, -0.2) is 18.1 Å². The van der Waals surface area contributed by atoms with Crippen molar-refractivity contribution in [2.45, 2.75) is 54.7 Å². The summed E-state index contributed by atoms with van der Waals surface area (Å²) in [5, 5.41) is 2.17. The Morgan fingerprint density at radius 1 is 1.19 bits per heavy atom. The van der Waals surface area contributed by atoms with Crippen LogP contribution >= 0.6 is 23.2 Å². The van der Waals surface area contributed by atoms with E-state index in [4.69, 9.17) is 23.2 Å². The summed E-state index contributed by atoms with van der Waals surface area (Å²) < 4.78 is 28.4. The maximum Gasteiger partial charge on any atom is 0.256 e. The maximum atomic E-state index is 13.4. The molecule has 2 saturated heterocycles. The summed E-state index contributed by atoms with van der Waals surface area (Å²) in [5.41, 5.74) is 2.81. The van der Waals surface area contributed by atoms with Gasteiger partial charge in [0.15, 0.2) is 0 Å². The monoisotopic (exact) mass is 497 g/mol. The summed E-state index contributed by atoms with van der Waals surface area (Å²) in [6.07, 6.45) is 2.63. The fourth-order valence-electron chi connectivity index (χ4n) is 4.53. The molecule has 178 valence electrons. The number of likely N-dealkylation sites (N-methyl/N-ethyl adjacent to an activating group) is 1. The molecule has 0 radical (unpaired) electrons. The summed E-state index contributed by atoms with van der Waals surface area (Å²) in [6, 6.07) is -0.245. The van der Waals surface area contributed by atoms with Crippen molar-refractivity contribution in [3.05, 3.63) is 0 Å². The number of nitrogens with zero attached hydrogens (tertiary/aromatic N) is 3. The zero-order chi connectivity index (χ0) is 22.8. The zero-order valence-electron chi connectivity index (χ0n) is 18.1. The number of nitrogens with one attached hydrogen (secondary N) is 2. The van der Waals surface area contributed by atoms with E-state index in [1.165, 1.54) is 5.01 Å². The van der Waals surface area contributed by atoms with Gasteiger partial charge in [-0.05, 0) is 45.2 Å². The number of amides is 2. The van der Waals surface area contributed by atoms with Crippen molar-refractivity contribution < 1.29 is 18.0 Å². The molecule has 12 heteroatoms. The molecule has 0 aromatic carbocycles. The van der Waals surface area contributed by atoms with Gasteiger partial charge in [0.25, 0.3) is 5.91 Å². The molecule has 3 fully saturated rings. The lowest BCUT2D eigenvalue weighted by Crippen LogP contribution is -2.60. The lowest BCUT2D eigenvalue weighted by Gasteiger charge is -2.37. The van der Waals surface area contributed by atoms with E-state index in [1.54, 1.807) is 4.31 Å². The van der Waals surface area contributed by atoms with Crippen molar-refractivity contribution in [2.75, 3.05) is 46.3 Å². The molecular formula is C19H33Cl2N5O4S. The Morgan fingerprint density at radius 2 is 1.94 bits per heavy atom. The van der Waals surface area contributed by atoms with Crippen LogP contribution < -0.4 is 10.7 Å². The quantitative estimate of drug-likeness (QED) is 0.525. The largest absolute Gasteiger partial charge is 0.352 e. The third-order valence-corrected chi connectivity index (χ3v) is 10.0. The molecule has 5 unspecified atom stereocenters. The minimum absolute atomic E-state index is 0.0298. The van der Waals surface area contributed by atoms with Gasteiger partial charge in [-0.15, -0.1) is 23.2 Å². The maximum absolute atomic E-state index is 13.4. The predicted octanol–water partition coefficient (Wildman–Crippen LogP) is 0.189. The van der Waals surface area contributed by atoms with Crippen LogP contribution in [-0.4, -0.2) is 103 Å². The van der Waals surface area contributed by atoms with E-state index in [0.29, 0.717) is 32.5 Å². The van der Waals surface area contributed by atoms with Crippen molar-refractivity contribution in [1.29, 1.82) is 0 Å². The molecule has 1 saturated carbocycles. The van der Waals surface area contributed by atoms with E-state index in [0.717, 1.165) is 25.9 Å². The number of sulfonamides is 1. The van der Waals surface area contributed by atoms with E-state index in [2.05, 4.69) is 15.6 Å². The van der Waals surface area contributed by atoms with Crippen LogP contribution in [0.1, 0.15) is 32.6 Å². The first kappa shape index (κ1) is 25.0. The minimum atomic E-state index is -3.45. The summed E-state index contributed by atoms with van der Waals surface area (Å²) in [5.74, 6) is -0.751. The number of hydrogen-bond donors (Lipinski definition) is 2. The van der Waals surface area contributed by atoms with Gasteiger partial charge in [-0.2, -0.15) is 0 Å². The highest BCUT2D eigenvalue weighted by Gasteiger charge is 2.41. The standard InChI is InChI=1S/C19H33Cl2N5O4S/c1-13-4-5-14(23-17(27)12-26-19(28)18(21)15(20)11-22-26)10-16(13)31(29,30)25-7-3-6-24(2)8-9-25/h13-16,18,22H,3-12H2,1-2H3,(H,23,27). The molecule has 2 N–H and O–H groups in total. The first-order valence-corrected chi connectivity index (χ1v) is 13.3.